The highest BCUT2D eigenvalue weighted by molar-refractivity contribution is 4.87. The van der Waals surface area contributed by atoms with Crippen LogP contribution >= 0.6 is 0 Å². The Kier molecular flexibility index (Phi) is 10.6. The summed E-state index contributed by atoms with van der Waals surface area (Å²) >= 11 is 0. The van der Waals surface area contributed by atoms with E-state index in [2.05, 4.69) is 0 Å². The lowest BCUT2D eigenvalue weighted by molar-refractivity contribution is -0.354. The highest BCUT2D eigenvalue weighted by Crippen LogP contribution is 2.33. The average Bonchev–Trinajstić information content (AvgIpc) is 3.66. The molecule has 0 saturated carbocycles. The summed E-state index contributed by atoms with van der Waals surface area (Å²) in [6, 6.07) is 0. The first kappa shape index (κ1) is 29.5. The van der Waals surface area contributed by atoms with Crippen molar-refractivity contribution in [1.29, 1.82) is 0 Å². The zero-order chi connectivity index (χ0) is 26.7. The molecule has 14 atom stereocenters. The molecule has 0 aromatic rings. The molecule has 4 heterocycles. The molecule has 4 aliphatic rings. The van der Waals surface area contributed by atoms with Gasteiger partial charge in [0.05, 0.1) is 55.4 Å². The molecule has 11 nitrogen and oxygen atoms in total. The van der Waals surface area contributed by atoms with Crippen LogP contribution in [-0.4, -0.2) is 113 Å². The minimum atomic E-state index is -1.00. The number of epoxide rings is 1. The van der Waals surface area contributed by atoms with Crippen LogP contribution < -0.4 is 0 Å². The third-order valence-electron chi connectivity index (χ3n) is 7.79. The third kappa shape index (κ3) is 8.28. The van der Waals surface area contributed by atoms with Crippen LogP contribution in [0.15, 0.2) is 0 Å². The average molecular weight is 535 g/mol. The summed E-state index contributed by atoms with van der Waals surface area (Å²) in [7, 11) is 0. The molecule has 216 valence electrons. The summed E-state index contributed by atoms with van der Waals surface area (Å²) in [6.07, 6.45) is -3.53. The van der Waals surface area contributed by atoms with Gasteiger partial charge < -0.3 is 53.6 Å². The monoisotopic (exact) mass is 534 g/mol. The Morgan fingerprint density at radius 2 is 1.24 bits per heavy atom. The number of rotatable bonds is 11. The lowest BCUT2D eigenvalue weighted by Crippen LogP contribution is -2.56. The van der Waals surface area contributed by atoms with Gasteiger partial charge in [0.15, 0.2) is 18.9 Å². The summed E-state index contributed by atoms with van der Waals surface area (Å²) in [5, 5.41) is 40.9. The van der Waals surface area contributed by atoms with Crippen molar-refractivity contribution in [1.82, 2.24) is 0 Å². The normalized spacial score (nSPS) is 47.5. The molecule has 4 rings (SSSR count). The van der Waals surface area contributed by atoms with Gasteiger partial charge in [-0.3, -0.25) is 0 Å². The Balaban J connectivity index is 1.38. The molecular weight excluding hydrogens is 488 g/mol. The van der Waals surface area contributed by atoms with Crippen molar-refractivity contribution in [2.45, 2.75) is 159 Å². The van der Waals surface area contributed by atoms with E-state index in [1.807, 2.05) is 13.8 Å². The summed E-state index contributed by atoms with van der Waals surface area (Å²) < 4.78 is 41.6. The lowest BCUT2D eigenvalue weighted by Gasteiger charge is -2.45. The zero-order valence-corrected chi connectivity index (χ0v) is 22.4. The third-order valence-corrected chi connectivity index (χ3v) is 7.79. The SMILES string of the molecule is C[C@H](CCCCC1CO1)O[C@@H]1O[C@@H](C)[C@H](O[C@@H]2O[C@@H](C)[C@H](O)C[C@H]2O)C[C@H]1O[C@@H]1O[C@@H](C)[C@H](O)C[C@H]1O. The topological polar surface area (TPSA) is 149 Å². The van der Waals surface area contributed by atoms with E-state index in [4.69, 9.17) is 33.2 Å². The van der Waals surface area contributed by atoms with Crippen molar-refractivity contribution in [3.8, 4) is 0 Å². The Morgan fingerprint density at radius 1 is 0.703 bits per heavy atom. The van der Waals surface area contributed by atoms with Gasteiger partial charge in [-0.2, -0.15) is 0 Å². The first-order valence-electron chi connectivity index (χ1n) is 13.9. The van der Waals surface area contributed by atoms with Crippen LogP contribution in [0.1, 0.15) is 72.6 Å². The van der Waals surface area contributed by atoms with Crippen molar-refractivity contribution >= 4 is 0 Å². The van der Waals surface area contributed by atoms with Gasteiger partial charge in [-0.15, -0.1) is 0 Å². The van der Waals surface area contributed by atoms with Crippen LogP contribution in [0.3, 0.4) is 0 Å². The maximum absolute atomic E-state index is 10.5. The van der Waals surface area contributed by atoms with Crippen molar-refractivity contribution in [3.63, 3.8) is 0 Å². The van der Waals surface area contributed by atoms with E-state index in [-0.39, 0.29) is 25.0 Å². The van der Waals surface area contributed by atoms with E-state index in [1.54, 1.807) is 13.8 Å². The van der Waals surface area contributed by atoms with Gasteiger partial charge in [-0.05, 0) is 40.5 Å². The van der Waals surface area contributed by atoms with Gasteiger partial charge in [0.2, 0.25) is 0 Å². The maximum atomic E-state index is 10.5. The standard InChI is InChI=1S/C26H46O11/c1-13(7-5-6-8-17-12-31-17)32-26-23(37-25-21(30)10-19(28)15(3)34-25)11-22(16(4)35-26)36-24-20(29)9-18(27)14(2)33-24/h13-30H,5-12H2,1-4H3/t13-,14+,15+,16+,17?,18-,19-,20-,21-,22-,23-,24+,25+,26-/m1/s1. The van der Waals surface area contributed by atoms with Crippen molar-refractivity contribution < 1.29 is 53.6 Å². The minimum absolute atomic E-state index is 0.0790. The maximum Gasteiger partial charge on any atom is 0.184 e. The highest BCUT2D eigenvalue weighted by Gasteiger charge is 2.45. The molecule has 37 heavy (non-hydrogen) atoms. The molecule has 4 saturated heterocycles. The molecule has 0 radical (unpaired) electrons. The fraction of sp³-hybridized carbons (Fsp3) is 1.00. The number of ether oxygens (including phenoxy) is 7. The Labute approximate surface area is 219 Å². The summed E-state index contributed by atoms with van der Waals surface area (Å²) in [4.78, 5) is 0. The highest BCUT2D eigenvalue weighted by atomic mass is 16.8. The molecule has 4 aliphatic heterocycles. The number of aliphatic hydroxyl groups excluding tert-OH is 4. The van der Waals surface area contributed by atoms with Gasteiger partial charge in [0.1, 0.15) is 18.3 Å². The Bertz CT molecular complexity index is 693. The molecule has 0 bridgehead atoms. The van der Waals surface area contributed by atoms with E-state index >= 15 is 0 Å². The van der Waals surface area contributed by atoms with Gasteiger partial charge in [0, 0.05) is 19.3 Å². The first-order chi connectivity index (χ1) is 17.6. The van der Waals surface area contributed by atoms with Crippen molar-refractivity contribution in [3.05, 3.63) is 0 Å². The number of unbranched alkanes of at least 4 members (excludes halogenated alkanes) is 1. The molecule has 1 unspecified atom stereocenters. The van der Waals surface area contributed by atoms with Crippen LogP contribution in [0, 0.1) is 0 Å². The molecule has 0 aromatic carbocycles. The largest absolute Gasteiger partial charge is 0.390 e. The first-order valence-corrected chi connectivity index (χ1v) is 13.9. The van der Waals surface area contributed by atoms with Gasteiger partial charge in [0.25, 0.3) is 0 Å². The number of hydrogen-bond acceptors (Lipinski definition) is 11. The van der Waals surface area contributed by atoms with Crippen LogP contribution in [0.5, 0.6) is 0 Å². The van der Waals surface area contributed by atoms with E-state index in [9.17, 15) is 20.4 Å². The second-order valence-corrected chi connectivity index (χ2v) is 11.1. The lowest BCUT2D eigenvalue weighted by atomic mass is 10.0. The van der Waals surface area contributed by atoms with E-state index < -0.39 is 67.7 Å². The molecule has 0 aromatic heterocycles. The second-order valence-electron chi connectivity index (χ2n) is 11.1. The molecular formula is C26H46O11. The van der Waals surface area contributed by atoms with Gasteiger partial charge in [-0.25, -0.2) is 0 Å². The quantitative estimate of drug-likeness (QED) is 0.222. The van der Waals surface area contributed by atoms with Gasteiger partial charge >= 0.3 is 0 Å². The molecule has 4 N–H and O–H groups in total. The Morgan fingerprint density at radius 3 is 1.81 bits per heavy atom. The minimum Gasteiger partial charge on any atom is -0.390 e. The summed E-state index contributed by atoms with van der Waals surface area (Å²) in [5.41, 5.74) is 0. The van der Waals surface area contributed by atoms with E-state index in [0.29, 0.717) is 12.5 Å². The summed E-state index contributed by atoms with van der Waals surface area (Å²) in [6.45, 7) is 8.22. The molecule has 0 spiro atoms. The van der Waals surface area contributed by atoms with Gasteiger partial charge in [-0.1, -0.05) is 12.8 Å². The predicted octanol–water partition coefficient (Wildman–Crippen LogP) is 0.969. The van der Waals surface area contributed by atoms with Crippen LogP contribution in [0.2, 0.25) is 0 Å². The van der Waals surface area contributed by atoms with E-state index in [1.165, 1.54) is 0 Å². The smallest absolute Gasteiger partial charge is 0.184 e. The predicted molar refractivity (Wildman–Crippen MR) is 129 cm³/mol. The van der Waals surface area contributed by atoms with Crippen LogP contribution in [-0.2, 0) is 33.2 Å². The summed E-state index contributed by atoms with van der Waals surface area (Å²) in [5.74, 6) is 0. The fourth-order valence-electron chi connectivity index (χ4n) is 5.14. The van der Waals surface area contributed by atoms with E-state index in [0.717, 1.165) is 32.3 Å². The molecule has 0 aliphatic carbocycles. The second kappa shape index (κ2) is 13.3. The van der Waals surface area contributed by atoms with Crippen molar-refractivity contribution in [2.75, 3.05) is 6.61 Å². The molecule has 11 heteroatoms. The number of hydrogen-bond donors (Lipinski definition) is 4. The Hall–Kier alpha value is -0.440. The van der Waals surface area contributed by atoms with Crippen molar-refractivity contribution in [2.24, 2.45) is 0 Å². The molecule has 4 fully saturated rings. The van der Waals surface area contributed by atoms with Crippen LogP contribution in [0.25, 0.3) is 0 Å². The fourth-order valence-corrected chi connectivity index (χ4v) is 5.14. The number of aliphatic hydroxyl groups is 4. The van der Waals surface area contributed by atoms with Crippen LogP contribution in [0.4, 0.5) is 0 Å². The zero-order valence-electron chi connectivity index (χ0n) is 22.4. The molecule has 0 amide bonds.